The fraction of sp³-hybridized carbons (Fsp3) is 0.278. The summed E-state index contributed by atoms with van der Waals surface area (Å²) in [7, 11) is 1.35. The Bertz CT molecular complexity index is 774. The highest BCUT2D eigenvalue weighted by molar-refractivity contribution is 6.33. The SMILES string of the molecule is COC(=O)c1ccc(Cl)c(N2CCN(C(=O)c3cccnc3)CC2)c1. The van der Waals surface area contributed by atoms with Gasteiger partial charge in [-0.15, -0.1) is 0 Å². The first kappa shape index (κ1) is 17.2. The summed E-state index contributed by atoms with van der Waals surface area (Å²) < 4.78 is 4.76. The van der Waals surface area contributed by atoms with Gasteiger partial charge in [0.05, 0.1) is 28.9 Å². The third-order valence-corrected chi connectivity index (χ3v) is 4.50. The minimum absolute atomic E-state index is 0.0258. The van der Waals surface area contributed by atoms with Crippen molar-refractivity contribution < 1.29 is 14.3 Å². The first-order valence-electron chi connectivity index (χ1n) is 7.92. The fourth-order valence-corrected chi connectivity index (χ4v) is 3.06. The summed E-state index contributed by atoms with van der Waals surface area (Å²) in [4.78, 5) is 32.0. The van der Waals surface area contributed by atoms with E-state index in [0.717, 1.165) is 5.69 Å². The van der Waals surface area contributed by atoms with Crippen LogP contribution in [0.3, 0.4) is 0 Å². The van der Waals surface area contributed by atoms with Crippen molar-refractivity contribution in [3.05, 3.63) is 58.9 Å². The number of hydrogen-bond donors (Lipinski definition) is 0. The highest BCUT2D eigenvalue weighted by atomic mass is 35.5. The Hall–Kier alpha value is -2.60. The molecule has 1 aromatic heterocycles. The molecule has 0 unspecified atom stereocenters. The highest BCUT2D eigenvalue weighted by Gasteiger charge is 2.24. The van der Waals surface area contributed by atoms with E-state index in [1.807, 2.05) is 0 Å². The number of esters is 1. The van der Waals surface area contributed by atoms with Crippen LogP contribution in [0.2, 0.25) is 5.02 Å². The van der Waals surface area contributed by atoms with Crippen molar-refractivity contribution >= 4 is 29.2 Å². The molecule has 1 aliphatic heterocycles. The normalized spacial score (nSPS) is 14.3. The van der Waals surface area contributed by atoms with Crippen molar-refractivity contribution in [2.24, 2.45) is 0 Å². The molecule has 2 heterocycles. The monoisotopic (exact) mass is 359 g/mol. The summed E-state index contributed by atoms with van der Waals surface area (Å²) in [5.41, 5.74) is 1.82. The van der Waals surface area contributed by atoms with Gasteiger partial charge < -0.3 is 14.5 Å². The van der Waals surface area contributed by atoms with E-state index in [9.17, 15) is 9.59 Å². The van der Waals surface area contributed by atoms with Crippen molar-refractivity contribution in [2.45, 2.75) is 0 Å². The average molecular weight is 360 g/mol. The minimum atomic E-state index is -0.400. The Balaban J connectivity index is 1.70. The summed E-state index contributed by atoms with van der Waals surface area (Å²) in [6.45, 7) is 2.42. The van der Waals surface area contributed by atoms with Crippen molar-refractivity contribution in [1.82, 2.24) is 9.88 Å². The van der Waals surface area contributed by atoms with E-state index in [1.165, 1.54) is 7.11 Å². The van der Waals surface area contributed by atoms with Crippen molar-refractivity contribution in [1.29, 1.82) is 0 Å². The van der Waals surface area contributed by atoms with Crippen LogP contribution in [0.15, 0.2) is 42.7 Å². The molecular formula is C18H18ClN3O3. The molecule has 6 nitrogen and oxygen atoms in total. The second-order valence-electron chi connectivity index (χ2n) is 5.68. The lowest BCUT2D eigenvalue weighted by atomic mass is 10.1. The number of pyridine rings is 1. The molecule has 0 saturated carbocycles. The highest BCUT2D eigenvalue weighted by Crippen LogP contribution is 2.28. The van der Waals surface area contributed by atoms with Gasteiger partial charge in [-0.2, -0.15) is 0 Å². The molecule has 25 heavy (non-hydrogen) atoms. The van der Waals surface area contributed by atoms with Crippen LogP contribution in [0.5, 0.6) is 0 Å². The molecule has 0 spiro atoms. The molecular weight excluding hydrogens is 342 g/mol. The number of rotatable bonds is 3. The zero-order valence-electron chi connectivity index (χ0n) is 13.8. The van der Waals surface area contributed by atoms with Gasteiger partial charge >= 0.3 is 5.97 Å². The number of amides is 1. The second kappa shape index (κ2) is 7.53. The summed E-state index contributed by atoms with van der Waals surface area (Å²) in [5, 5.41) is 0.569. The van der Waals surface area contributed by atoms with E-state index >= 15 is 0 Å². The minimum Gasteiger partial charge on any atom is -0.465 e. The van der Waals surface area contributed by atoms with Gasteiger partial charge in [0, 0.05) is 38.6 Å². The zero-order chi connectivity index (χ0) is 17.8. The third kappa shape index (κ3) is 3.74. The first-order valence-corrected chi connectivity index (χ1v) is 8.30. The van der Waals surface area contributed by atoms with E-state index in [0.29, 0.717) is 42.3 Å². The van der Waals surface area contributed by atoms with Gasteiger partial charge in [-0.3, -0.25) is 9.78 Å². The summed E-state index contributed by atoms with van der Waals surface area (Å²) >= 11 is 6.29. The molecule has 0 radical (unpaired) electrons. The van der Waals surface area contributed by atoms with Crippen molar-refractivity contribution in [2.75, 3.05) is 38.2 Å². The maximum atomic E-state index is 12.5. The Kier molecular flexibility index (Phi) is 5.19. The Morgan fingerprint density at radius 3 is 2.52 bits per heavy atom. The van der Waals surface area contributed by atoms with Crippen LogP contribution in [0.25, 0.3) is 0 Å². The Labute approximate surface area is 151 Å². The fourth-order valence-electron chi connectivity index (χ4n) is 2.82. The Morgan fingerprint density at radius 2 is 1.88 bits per heavy atom. The van der Waals surface area contributed by atoms with Crippen molar-refractivity contribution in [3.8, 4) is 0 Å². The lowest BCUT2D eigenvalue weighted by Gasteiger charge is -2.36. The lowest BCUT2D eigenvalue weighted by molar-refractivity contribution is 0.0600. The predicted octanol–water partition coefficient (Wildman–Crippen LogP) is 2.48. The third-order valence-electron chi connectivity index (χ3n) is 4.18. The standard InChI is InChI=1S/C18H18ClN3O3/c1-25-18(24)13-4-5-15(19)16(11-13)21-7-9-22(10-8-21)17(23)14-3-2-6-20-12-14/h2-6,11-12H,7-10H2,1H3. The lowest BCUT2D eigenvalue weighted by Crippen LogP contribution is -2.49. The molecule has 1 saturated heterocycles. The van der Waals surface area contributed by atoms with Crippen LogP contribution in [0.4, 0.5) is 5.69 Å². The zero-order valence-corrected chi connectivity index (χ0v) is 14.6. The smallest absolute Gasteiger partial charge is 0.337 e. The summed E-state index contributed by atoms with van der Waals surface area (Å²) in [5.74, 6) is -0.425. The predicted molar refractivity (Wildman–Crippen MR) is 95.1 cm³/mol. The van der Waals surface area contributed by atoms with E-state index in [-0.39, 0.29) is 5.91 Å². The van der Waals surface area contributed by atoms with Gasteiger partial charge in [0.1, 0.15) is 0 Å². The summed E-state index contributed by atoms with van der Waals surface area (Å²) in [6, 6.07) is 8.57. The molecule has 0 atom stereocenters. The number of ether oxygens (including phenoxy) is 1. The van der Waals surface area contributed by atoms with Crippen LogP contribution in [0, 0.1) is 0 Å². The van der Waals surface area contributed by atoms with E-state index in [2.05, 4.69) is 9.88 Å². The number of carbonyl (C=O) groups excluding carboxylic acids is 2. The van der Waals surface area contributed by atoms with Gasteiger partial charge in [0.25, 0.3) is 5.91 Å². The van der Waals surface area contributed by atoms with Gasteiger partial charge in [0.2, 0.25) is 0 Å². The van der Waals surface area contributed by atoms with Crippen LogP contribution in [-0.4, -0.2) is 55.0 Å². The molecule has 130 valence electrons. The van der Waals surface area contributed by atoms with Crippen molar-refractivity contribution in [3.63, 3.8) is 0 Å². The number of anilines is 1. The van der Waals surface area contributed by atoms with Crippen LogP contribution < -0.4 is 4.90 Å². The molecule has 1 amide bonds. The molecule has 1 fully saturated rings. The molecule has 2 aromatic rings. The van der Waals surface area contributed by atoms with Crippen LogP contribution in [0.1, 0.15) is 20.7 Å². The maximum absolute atomic E-state index is 12.5. The van der Waals surface area contributed by atoms with Gasteiger partial charge in [-0.1, -0.05) is 11.6 Å². The van der Waals surface area contributed by atoms with E-state index < -0.39 is 5.97 Å². The second-order valence-corrected chi connectivity index (χ2v) is 6.09. The number of nitrogens with zero attached hydrogens (tertiary/aromatic N) is 3. The van der Waals surface area contributed by atoms with Gasteiger partial charge in [-0.25, -0.2) is 4.79 Å². The van der Waals surface area contributed by atoms with E-state index in [1.54, 1.807) is 47.6 Å². The number of hydrogen-bond acceptors (Lipinski definition) is 5. The maximum Gasteiger partial charge on any atom is 0.337 e. The van der Waals surface area contributed by atoms with Gasteiger partial charge in [0.15, 0.2) is 0 Å². The number of aromatic nitrogens is 1. The molecule has 0 bridgehead atoms. The molecule has 1 aromatic carbocycles. The number of piperazine rings is 1. The number of halogens is 1. The molecule has 0 aliphatic carbocycles. The van der Waals surface area contributed by atoms with E-state index in [4.69, 9.17) is 16.3 Å². The number of benzene rings is 1. The number of methoxy groups -OCH3 is 1. The number of carbonyl (C=O) groups is 2. The van der Waals surface area contributed by atoms with Crippen LogP contribution >= 0.6 is 11.6 Å². The van der Waals surface area contributed by atoms with Crippen LogP contribution in [-0.2, 0) is 4.74 Å². The molecule has 0 N–H and O–H groups in total. The summed E-state index contributed by atoms with van der Waals surface area (Å²) in [6.07, 6.45) is 3.22. The quantitative estimate of drug-likeness (QED) is 0.788. The largest absolute Gasteiger partial charge is 0.465 e. The van der Waals surface area contributed by atoms with Gasteiger partial charge in [-0.05, 0) is 30.3 Å². The topological polar surface area (TPSA) is 62.7 Å². The molecule has 3 rings (SSSR count). The molecule has 1 aliphatic rings. The Morgan fingerprint density at radius 1 is 1.12 bits per heavy atom. The first-order chi connectivity index (χ1) is 12.1. The average Bonchev–Trinajstić information content (AvgIpc) is 2.68. The molecule has 7 heteroatoms.